The van der Waals surface area contributed by atoms with E-state index in [-0.39, 0.29) is 11.2 Å². The first-order chi connectivity index (χ1) is 13.4. The Kier molecular flexibility index (Phi) is 4.62. The topological polar surface area (TPSA) is 58.2 Å². The summed E-state index contributed by atoms with van der Waals surface area (Å²) in [5.41, 5.74) is 2.46. The van der Waals surface area contributed by atoms with E-state index in [4.69, 9.17) is 4.74 Å². The second-order valence-corrected chi connectivity index (χ2v) is 7.76. The fraction of sp³-hybridized carbons (Fsp3) is 0.143. The van der Waals surface area contributed by atoms with Gasteiger partial charge in [-0.25, -0.2) is 4.79 Å². The first-order valence-electron chi connectivity index (χ1n) is 8.64. The van der Waals surface area contributed by atoms with Crippen molar-refractivity contribution >= 4 is 33.5 Å². The van der Waals surface area contributed by atoms with Gasteiger partial charge in [-0.3, -0.25) is 13.9 Å². The molecule has 0 radical (unpaired) electrons. The average Bonchev–Trinajstić information content (AvgIpc) is 3.12. The molecule has 0 bridgehead atoms. The summed E-state index contributed by atoms with van der Waals surface area (Å²) in [5, 5.41) is 0.508. The standard InChI is InChI=1S/C21H18IN3O3/c1-23-17-12-25(15-8-6-14(22)7-9-15)19(13-4-10-16(28-3)11-5-13)18(17)20(26)24(2)21(23)27/h4-12H,1-3H3. The zero-order chi connectivity index (χ0) is 20.0. The number of halogens is 1. The minimum Gasteiger partial charge on any atom is -0.497 e. The molecule has 0 aliphatic heterocycles. The minimum atomic E-state index is -0.349. The van der Waals surface area contributed by atoms with E-state index in [1.54, 1.807) is 14.2 Å². The van der Waals surface area contributed by atoms with E-state index < -0.39 is 0 Å². The lowest BCUT2D eigenvalue weighted by molar-refractivity contribution is 0.415. The van der Waals surface area contributed by atoms with Crippen LogP contribution >= 0.6 is 22.6 Å². The molecule has 0 saturated carbocycles. The Morgan fingerprint density at radius 3 is 2.14 bits per heavy atom. The van der Waals surface area contributed by atoms with Crippen LogP contribution in [0.25, 0.3) is 27.8 Å². The van der Waals surface area contributed by atoms with Crippen LogP contribution < -0.4 is 16.0 Å². The molecular formula is C21H18IN3O3. The van der Waals surface area contributed by atoms with Gasteiger partial charge in [0.2, 0.25) is 0 Å². The van der Waals surface area contributed by atoms with Gasteiger partial charge in [0.1, 0.15) is 5.75 Å². The minimum absolute atomic E-state index is 0.312. The maximum atomic E-state index is 13.0. The summed E-state index contributed by atoms with van der Waals surface area (Å²) in [6.45, 7) is 0. The van der Waals surface area contributed by atoms with Crippen LogP contribution in [0.2, 0.25) is 0 Å². The maximum absolute atomic E-state index is 13.0. The Labute approximate surface area is 174 Å². The number of hydrogen-bond donors (Lipinski definition) is 0. The molecule has 2 aromatic carbocycles. The fourth-order valence-electron chi connectivity index (χ4n) is 3.38. The molecule has 2 heterocycles. The number of fused-ring (bicyclic) bond motifs is 1. The third-order valence-corrected chi connectivity index (χ3v) is 5.63. The van der Waals surface area contributed by atoms with E-state index in [1.165, 1.54) is 11.6 Å². The fourth-order valence-corrected chi connectivity index (χ4v) is 3.74. The van der Waals surface area contributed by atoms with Crippen LogP contribution in [0, 0.1) is 3.57 Å². The van der Waals surface area contributed by atoms with Crippen molar-refractivity contribution in [2.75, 3.05) is 7.11 Å². The number of aryl methyl sites for hydroxylation is 1. The van der Waals surface area contributed by atoms with Gasteiger partial charge in [-0.15, -0.1) is 0 Å². The highest BCUT2D eigenvalue weighted by Crippen LogP contribution is 2.32. The zero-order valence-corrected chi connectivity index (χ0v) is 17.8. The third-order valence-electron chi connectivity index (χ3n) is 4.91. The maximum Gasteiger partial charge on any atom is 0.330 e. The Morgan fingerprint density at radius 1 is 0.893 bits per heavy atom. The highest BCUT2D eigenvalue weighted by molar-refractivity contribution is 14.1. The second-order valence-electron chi connectivity index (χ2n) is 6.52. The molecule has 142 valence electrons. The lowest BCUT2D eigenvalue weighted by Crippen LogP contribution is -2.36. The molecule has 0 spiro atoms. The number of benzene rings is 2. The summed E-state index contributed by atoms with van der Waals surface area (Å²) in [6.07, 6.45) is 1.85. The number of methoxy groups -OCH3 is 1. The van der Waals surface area contributed by atoms with E-state index in [0.717, 1.165) is 30.8 Å². The van der Waals surface area contributed by atoms with Crippen molar-refractivity contribution in [3.05, 3.63) is 79.1 Å². The molecule has 0 aliphatic rings. The van der Waals surface area contributed by atoms with Gasteiger partial charge in [0.05, 0.1) is 23.7 Å². The van der Waals surface area contributed by atoms with Crippen LogP contribution in [-0.4, -0.2) is 20.8 Å². The molecule has 2 aromatic heterocycles. The van der Waals surface area contributed by atoms with E-state index in [1.807, 2.05) is 59.3 Å². The second kappa shape index (κ2) is 6.97. The monoisotopic (exact) mass is 487 g/mol. The first kappa shape index (κ1) is 18.5. The van der Waals surface area contributed by atoms with Crippen LogP contribution in [-0.2, 0) is 14.1 Å². The van der Waals surface area contributed by atoms with Crippen molar-refractivity contribution in [2.24, 2.45) is 14.1 Å². The molecule has 4 rings (SSSR count). The van der Waals surface area contributed by atoms with E-state index in [9.17, 15) is 9.59 Å². The first-order valence-corrected chi connectivity index (χ1v) is 9.71. The molecule has 0 unspecified atom stereocenters. The van der Waals surface area contributed by atoms with E-state index >= 15 is 0 Å². The number of aromatic nitrogens is 3. The molecule has 4 aromatic rings. The largest absolute Gasteiger partial charge is 0.497 e. The smallest absolute Gasteiger partial charge is 0.330 e. The van der Waals surface area contributed by atoms with Crippen molar-refractivity contribution < 1.29 is 4.74 Å². The summed E-state index contributed by atoms with van der Waals surface area (Å²) >= 11 is 2.26. The normalized spacial score (nSPS) is 11.1. The molecule has 0 aliphatic carbocycles. The Bertz CT molecular complexity index is 1300. The van der Waals surface area contributed by atoms with Gasteiger partial charge in [-0.2, -0.15) is 0 Å². The van der Waals surface area contributed by atoms with Crippen molar-refractivity contribution in [3.8, 4) is 22.7 Å². The molecule has 28 heavy (non-hydrogen) atoms. The predicted molar refractivity (Wildman–Crippen MR) is 118 cm³/mol. The van der Waals surface area contributed by atoms with Crippen LogP contribution in [0.1, 0.15) is 0 Å². The van der Waals surface area contributed by atoms with Crippen molar-refractivity contribution in [1.82, 2.24) is 13.7 Å². The van der Waals surface area contributed by atoms with Gasteiger partial charge < -0.3 is 9.30 Å². The van der Waals surface area contributed by atoms with Crippen LogP contribution in [0.4, 0.5) is 0 Å². The summed E-state index contributed by atoms with van der Waals surface area (Å²) in [4.78, 5) is 25.5. The van der Waals surface area contributed by atoms with Crippen LogP contribution in [0.3, 0.4) is 0 Å². The number of nitrogens with zero attached hydrogens (tertiary/aromatic N) is 3. The number of rotatable bonds is 3. The molecule has 0 atom stereocenters. The molecule has 6 nitrogen and oxygen atoms in total. The highest BCUT2D eigenvalue weighted by atomic mass is 127. The van der Waals surface area contributed by atoms with Gasteiger partial charge in [-0.05, 0) is 76.7 Å². The summed E-state index contributed by atoms with van der Waals surface area (Å²) < 4.78 is 11.0. The molecule has 7 heteroatoms. The Morgan fingerprint density at radius 2 is 1.54 bits per heavy atom. The van der Waals surface area contributed by atoms with E-state index in [2.05, 4.69) is 22.6 Å². The van der Waals surface area contributed by atoms with E-state index in [0.29, 0.717) is 10.9 Å². The Hall–Kier alpha value is -2.81. The Balaban J connectivity index is 2.14. The lowest BCUT2D eigenvalue weighted by atomic mass is 10.1. The van der Waals surface area contributed by atoms with Gasteiger partial charge in [0.15, 0.2) is 0 Å². The van der Waals surface area contributed by atoms with Crippen LogP contribution in [0.5, 0.6) is 5.75 Å². The summed E-state index contributed by atoms with van der Waals surface area (Å²) in [5.74, 6) is 0.737. The summed E-state index contributed by atoms with van der Waals surface area (Å²) in [6, 6.07) is 15.6. The van der Waals surface area contributed by atoms with Crippen molar-refractivity contribution in [1.29, 1.82) is 0 Å². The van der Waals surface area contributed by atoms with Gasteiger partial charge in [0, 0.05) is 29.5 Å². The SMILES string of the molecule is COc1ccc(-c2c3c(=O)n(C)c(=O)n(C)c3cn2-c2ccc(I)cc2)cc1. The molecule has 0 fully saturated rings. The molecule has 0 saturated heterocycles. The number of ether oxygens (including phenoxy) is 1. The quantitative estimate of drug-likeness (QED) is 0.417. The summed E-state index contributed by atoms with van der Waals surface area (Å²) in [7, 11) is 4.80. The van der Waals surface area contributed by atoms with Crippen molar-refractivity contribution in [3.63, 3.8) is 0 Å². The average molecular weight is 487 g/mol. The molecule has 0 amide bonds. The number of hydrogen-bond acceptors (Lipinski definition) is 3. The zero-order valence-electron chi connectivity index (χ0n) is 15.6. The predicted octanol–water partition coefficient (Wildman–Crippen LogP) is 3.31. The lowest BCUT2D eigenvalue weighted by Gasteiger charge is -2.11. The van der Waals surface area contributed by atoms with Crippen LogP contribution in [0.15, 0.2) is 64.3 Å². The molecule has 0 N–H and O–H groups in total. The van der Waals surface area contributed by atoms with Crippen molar-refractivity contribution in [2.45, 2.75) is 0 Å². The van der Waals surface area contributed by atoms with Gasteiger partial charge in [0.25, 0.3) is 5.56 Å². The van der Waals surface area contributed by atoms with Gasteiger partial charge in [-0.1, -0.05) is 0 Å². The van der Waals surface area contributed by atoms with Gasteiger partial charge >= 0.3 is 5.69 Å². The molecular weight excluding hydrogens is 469 g/mol. The highest BCUT2D eigenvalue weighted by Gasteiger charge is 2.20. The third kappa shape index (κ3) is 2.86.